The summed E-state index contributed by atoms with van der Waals surface area (Å²) in [6.07, 6.45) is 5.84. The summed E-state index contributed by atoms with van der Waals surface area (Å²) in [5.74, 6) is -0.225. The topological polar surface area (TPSA) is 104 Å². The lowest BCUT2D eigenvalue weighted by molar-refractivity contribution is 0.0948. The van der Waals surface area contributed by atoms with E-state index in [9.17, 15) is 4.79 Å². The number of aliphatic imine (C=N–C) groups is 1. The quantitative estimate of drug-likeness (QED) is 0.492. The third kappa shape index (κ3) is 4.58. The summed E-state index contributed by atoms with van der Waals surface area (Å²) >= 11 is 0. The first kappa shape index (κ1) is 20.3. The fourth-order valence-electron chi connectivity index (χ4n) is 2.92. The van der Waals surface area contributed by atoms with E-state index in [4.69, 9.17) is 11.1 Å². The highest BCUT2D eigenvalue weighted by atomic mass is 16.1. The summed E-state index contributed by atoms with van der Waals surface area (Å²) in [6, 6.07) is 7.34. The normalized spacial score (nSPS) is 12.3. The van der Waals surface area contributed by atoms with Crippen molar-refractivity contribution in [1.29, 1.82) is 5.41 Å². The van der Waals surface area contributed by atoms with E-state index in [-0.39, 0.29) is 5.91 Å². The van der Waals surface area contributed by atoms with Crippen molar-refractivity contribution in [2.24, 2.45) is 10.7 Å². The van der Waals surface area contributed by atoms with Gasteiger partial charge in [0.05, 0.1) is 5.52 Å². The van der Waals surface area contributed by atoms with E-state index in [1.54, 1.807) is 13.1 Å². The van der Waals surface area contributed by atoms with Gasteiger partial charge in [0.15, 0.2) is 0 Å². The number of para-hydroxylation sites is 1. The summed E-state index contributed by atoms with van der Waals surface area (Å²) in [5, 5.41) is 11.4. The minimum Gasteiger partial charge on any atom is -0.404 e. The molecule has 0 atom stereocenters. The third-order valence-electron chi connectivity index (χ3n) is 4.51. The van der Waals surface area contributed by atoms with Crippen LogP contribution in [0.25, 0.3) is 16.5 Å². The maximum absolute atomic E-state index is 12.6. The summed E-state index contributed by atoms with van der Waals surface area (Å²) in [6.45, 7) is 4.61. The number of allylic oxidation sites excluding steroid dienone is 1. The fraction of sp³-hybridized carbons (Fsp3) is 0.333. The molecule has 6 heteroatoms. The van der Waals surface area contributed by atoms with Gasteiger partial charge in [0.25, 0.3) is 5.91 Å². The lowest BCUT2D eigenvalue weighted by Gasteiger charge is -2.14. The lowest BCUT2D eigenvalue weighted by atomic mass is 9.96. The number of unbranched alkanes of at least 4 members (excludes halogenated alkanes) is 2. The Morgan fingerprint density at radius 3 is 2.78 bits per heavy atom. The molecule has 0 saturated carbocycles. The molecule has 1 heterocycles. The molecule has 0 aliphatic heterocycles. The van der Waals surface area contributed by atoms with Crippen LogP contribution in [0.2, 0.25) is 0 Å². The Hall–Kier alpha value is -3.02. The molecule has 0 aliphatic carbocycles. The number of nitrogens with two attached hydrogens (primary N) is 1. The average Bonchev–Trinajstić information content (AvgIpc) is 2.70. The predicted octanol–water partition coefficient (Wildman–Crippen LogP) is 3.54. The molecule has 1 aromatic heterocycles. The van der Waals surface area contributed by atoms with E-state index in [1.807, 2.05) is 25.1 Å². The van der Waals surface area contributed by atoms with E-state index in [0.717, 1.165) is 41.5 Å². The van der Waals surface area contributed by atoms with Crippen molar-refractivity contribution in [3.63, 3.8) is 0 Å². The number of aromatic nitrogens is 1. The smallest absolute Gasteiger partial charge is 0.269 e. The molecule has 2 rings (SSSR count). The Kier molecular flexibility index (Phi) is 7.23. The van der Waals surface area contributed by atoms with Crippen LogP contribution >= 0.6 is 0 Å². The maximum Gasteiger partial charge on any atom is 0.269 e. The van der Waals surface area contributed by atoms with Gasteiger partial charge in [-0.3, -0.25) is 9.79 Å². The minimum absolute atomic E-state index is 0.225. The van der Waals surface area contributed by atoms with Gasteiger partial charge in [0.2, 0.25) is 0 Å². The van der Waals surface area contributed by atoms with Crippen LogP contribution in [-0.4, -0.2) is 36.4 Å². The summed E-state index contributed by atoms with van der Waals surface area (Å²) < 4.78 is 0. The SMILES string of the molecule is CCCCCNC(=O)c1cc(/C(=C/N)C(C)=NC)c2cccc(C=N)c2n1. The standard InChI is InChI=1S/C21H27N5O/c1-4-5-6-10-25-21(27)19-11-17(18(13-23)14(2)24-3)16-9-7-8-15(12-22)20(16)26-19/h7-9,11-13,22H,4-6,10,23H2,1-3H3,(H,25,27)/b18-13+,22-12?,24-14?. The number of amides is 1. The Balaban J connectivity index is 2.59. The Morgan fingerprint density at radius 1 is 1.37 bits per heavy atom. The predicted molar refractivity (Wildman–Crippen MR) is 113 cm³/mol. The first-order valence-corrected chi connectivity index (χ1v) is 9.15. The van der Waals surface area contributed by atoms with Gasteiger partial charge in [0, 0.05) is 48.2 Å². The zero-order valence-corrected chi connectivity index (χ0v) is 16.2. The Morgan fingerprint density at radius 2 is 2.15 bits per heavy atom. The molecule has 0 saturated heterocycles. The van der Waals surface area contributed by atoms with E-state index >= 15 is 0 Å². The molecule has 6 nitrogen and oxygen atoms in total. The van der Waals surface area contributed by atoms with Gasteiger partial charge in [-0.15, -0.1) is 0 Å². The molecule has 0 radical (unpaired) electrons. The minimum atomic E-state index is -0.225. The molecule has 0 aliphatic rings. The summed E-state index contributed by atoms with van der Waals surface area (Å²) in [7, 11) is 1.70. The zero-order valence-electron chi connectivity index (χ0n) is 16.2. The van der Waals surface area contributed by atoms with Crippen LogP contribution in [0.4, 0.5) is 0 Å². The Bertz CT molecular complexity index is 899. The Labute approximate surface area is 160 Å². The van der Waals surface area contributed by atoms with Crippen molar-refractivity contribution in [3.05, 3.63) is 47.3 Å². The second-order valence-corrected chi connectivity index (χ2v) is 6.30. The fourth-order valence-corrected chi connectivity index (χ4v) is 2.92. The number of nitrogens with zero attached hydrogens (tertiary/aromatic N) is 2. The van der Waals surface area contributed by atoms with Gasteiger partial charge >= 0.3 is 0 Å². The van der Waals surface area contributed by atoms with Crippen molar-refractivity contribution in [1.82, 2.24) is 10.3 Å². The van der Waals surface area contributed by atoms with E-state index in [2.05, 4.69) is 22.2 Å². The molecule has 0 bridgehead atoms. The molecular weight excluding hydrogens is 338 g/mol. The maximum atomic E-state index is 12.6. The molecule has 1 amide bonds. The highest BCUT2D eigenvalue weighted by Gasteiger charge is 2.17. The second kappa shape index (κ2) is 9.62. The molecule has 27 heavy (non-hydrogen) atoms. The van der Waals surface area contributed by atoms with E-state index < -0.39 is 0 Å². The van der Waals surface area contributed by atoms with Crippen molar-refractivity contribution in [3.8, 4) is 0 Å². The van der Waals surface area contributed by atoms with Crippen molar-refractivity contribution >= 4 is 34.3 Å². The number of benzene rings is 1. The number of hydrogen-bond acceptors (Lipinski definition) is 5. The summed E-state index contributed by atoms with van der Waals surface area (Å²) in [4.78, 5) is 21.4. The van der Waals surface area contributed by atoms with Crippen LogP contribution in [0.5, 0.6) is 0 Å². The molecule has 1 aromatic carbocycles. The number of carbonyl (C=O) groups is 1. The van der Waals surface area contributed by atoms with Crippen LogP contribution in [-0.2, 0) is 0 Å². The van der Waals surface area contributed by atoms with Gasteiger partial charge in [-0.2, -0.15) is 0 Å². The first-order valence-electron chi connectivity index (χ1n) is 9.15. The number of fused-ring (bicyclic) bond motifs is 1. The molecule has 0 fully saturated rings. The van der Waals surface area contributed by atoms with E-state index in [0.29, 0.717) is 23.3 Å². The van der Waals surface area contributed by atoms with Crippen LogP contribution in [0, 0.1) is 5.41 Å². The highest BCUT2D eigenvalue weighted by Crippen LogP contribution is 2.27. The van der Waals surface area contributed by atoms with Crippen LogP contribution < -0.4 is 11.1 Å². The van der Waals surface area contributed by atoms with Crippen molar-refractivity contribution in [2.75, 3.05) is 13.6 Å². The van der Waals surface area contributed by atoms with Crippen molar-refractivity contribution in [2.45, 2.75) is 33.1 Å². The zero-order chi connectivity index (χ0) is 19.8. The third-order valence-corrected chi connectivity index (χ3v) is 4.51. The second-order valence-electron chi connectivity index (χ2n) is 6.30. The van der Waals surface area contributed by atoms with Crippen LogP contribution in [0.1, 0.15) is 54.7 Å². The van der Waals surface area contributed by atoms with Crippen molar-refractivity contribution < 1.29 is 4.79 Å². The van der Waals surface area contributed by atoms with Gasteiger partial charge in [0.1, 0.15) is 5.69 Å². The molecule has 142 valence electrons. The average molecular weight is 365 g/mol. The molecule has 0 unspecified atom stereocenters. The lowest BCUT2D eigenvalue weighted by Crippen LogP contribution is -2.25. The van der Waals surface area contributed by atoms with Gasteiger partial charge < -0.3 is 16.5 Å². The number of hydrogen-bond donors (Lipinski definition) is 3. The van der Waals surface area contributed by atoms with Gasteiger partial charge in [-0.05, 0) is 25.0 Å². The van der Waals surface area contributed by atoms with E-state index in [1.165, 1.54) is 12.4 Å². The molecule has 4 N–H and O–H groups in total. The number of nitrogens with one attached hydrogen (secondary N) is 2. The first-order chi connectivity index (χ1) is 13.1. The van der Waals surface area contributed by atoms with Gasteiger partial charge in [-0.25, -0.2) is 4.98 Å². The highest BCUT2D eigenvalue weighted by molar-refractivity contribution is 6.26. The molecule has 0 spiro atoms. The number of rotatable bonds is 8. The number of pyridine rings is 1. The molecular formula is C21H27N5O. The van der Waals surface area contributed by atoms with Crippen LogP contribution in [0.15, 0.2) is 35.5 Å². The van der Waals surface area contributed by atoms with Crippen LogP contribution in [0.3, 0.4) is 0 Å². The number of carbonyl (C=O) groups excluding carboxylic acids is 1. The molecule has 2 aromatic rings. The largest absolute Gasteiger partial charge is 0.404 e. The van der Waals surface area contributed by atoms with Gasteiger partial charge in [-0.1, -0.05) is 38.0 Å². The summed E-state index contributed by atoms with van der Waals surface area (Å²) in [5.41, 5.74) is 9.73. The monoisotopic (exact) mass is 365 g/mol.